The van der Waals surface area contributed by atoms with Gasteiger partial charge in [0.2, 0.25) is 0 Å². The lowest BCUT2D eigenvalue weighted by atomic mass is 10.1. The molecule has 0 aliphatic heterocycles. The summed E-state index contributed by atoms with van der Waals surface area (Å²) in [7, 11) is 0. The smallest absolute Gasteiger partial charge is 0.290 e. The Morgan fingerprint density at radius 3 is 2.67 bits per heavy atom. The van der Waals surface area contributed by atoms with Crippen LogP contribution in [0.1, 0.15) is 33.3 Å². The number of amides is 1. The third kappa shape index (κ3) is 3.75. The van der Waals surface area contributed by atoms with Crippen LogP contribution in [-0.4, -0.2) is 22.5 Å². The molecule has 24 heavy (non-hydrogen) atoms. The first-order chi connectivity index (χ1) is 11.6. The number of hydrogen-bond donors (Lipinski definition) is 1. The van der Waals surface area contributed by atoms with Crippen molar-refractivity contribution in [2.24, 2.45) is 0 Å². The number of furan rings is 1. The molecule has 0 spiro atoms. The third-order valence-electron chi connectivity index (χ3n) is 3.88. The van der Waals surface area contributed by atoms with E-state index in [0.717, 1.165) is 16.7 Å². The van der Waals surface area contributed by atoms with E-state index in [4.69, 9.17) is 4.42 Å². The van der Waals surface area contributed by atoms with Gasteiger partial charge in [-0.05, 0) is 40.9 Å². The highest BCUT2D eigenvalue weighted by molar-refractivity contribution is 7.07. The third-order valence-corrected chi connectivity index (χ3v) is 4.58. The number of rotatable bonds is 6. The van der Waals surface area contributed by atoms with Crippen LogP contribution in [0.15, 0.2) is 63.9 Å². The zero-order chi connectivity index (χ0) is 16.9. The predicted molar refractivity (Wildman–Crippen MR) is 93.9 cm³/mol. The first kappa shape index (κ1) is 16.5. The molecule has 0 aliphatic carbocycles. The summed E-state index contributed by atoms with van der Waals surface area (Å²) in [6.45, 7) is 2.47. The summed E-state index contributed by atoms with van der Waals surface area (Å²) in [6, 6.07) is 13.4. The van der Waals surface area contributed by atoms with E-state index in [9.17, 15) is 9.90 Å². The number of benzene rings is 1. The normalized spacial score (nSPS) is 12.1. The molecule has 4 nitrogen and oxygen atoms in total. The quantitative estimate of drug-likeness (QED) is 0.736. The van der Waals surface area contributed by atoms with Crippen molar-refractivity contribution in [3.8, 4) is 0 Å². The van der Waals surface area contributed by atoms with Crippen molar-refractivity contribution in [3.05, 3.63) is 81.9 Å². The number of carbonyl (C=O) groups excluding carboxylic acids is 1. The van der Waals surface area contributed by atoms with E-state index < -0.39 is 6.10 Å². The molecular weight excluding hydrogens is 322 g/mol. The number of carbonyl (C=O) groups is 1. The first-order valence-corrected chi connectivity index (χ1v) is 8.67. The molecule has 124 valence electrons. The molecular formula is C19H19NO3S. The van der Waals surface area contributed by atoms with Gasteiger partial charge in [0.1, 0.15) is 0 Å². The second-order valence-electron chi connectivity index (χ2n) is 5.68. The van der Waals surface area contributed by atoms with E-state index in [1.807, 2.05) is 54.1 Å². The van der Waals surface area contributed by atoms with E-state index in [-0.39, 0.29) is 12.5 Å². The van der Waals surface area contributed by atoms with Gasteiger partial charge in [-0.15, -0.1) is 0 Å². The Hall–Kier alpha value is -2.37. The molecule has 3 rings (SSSR count). The SMILES string of the molecule is Cc1ccoc1C(=O)N(Cc1ccccc1)CC(O)c1ccsc1. The summed E-state index contributed by atoms with van der Waals surface area (Å²) in [6.07, 6.45) is 0.789. The van der Waals surface area contributed by atoms with Crippen molar-refractivity contribution < 1.29 is 14.3 Å². The fraction of sp³-hybridized carbons (Fsp3) is 0.211. The van der Waals surface area contributed by atoms with Crippen LogP contribution in [0, 0.1) is 6.92 Å². The van der Waals surface area contributed by atoms with Crippen LogP contribution in [0.2, 0.25) is 0 Å². The van der Waals surface area contributed by atoms with Gasteiger partial charge in [-0.25, -0.2) is 0 Å². The van der Waals surface area contributed by atoms with E-state index >= 15 is 0 Å². The van der Waals surface area contributed by atoms with Gasteiger partial charge in [-0.1, -0.05) is 30.3 Å². The zero-order valence-corrected chi connectivity index (χ0v) is 14.2. The summed E-state index contributed by atoms with van der Waals surface area (Å²) >= 11 is 1.53. The van der Waals surface area contributed by atoms with Crippen LogP contribution in [0.3, 0.4) is 0 Å². The molecule has 0 radical (unpaired) electrons. The van der Waals surface area contributed by atoms with E-state index in [1.54, 1.807) is 11.0 Å². The lowest BCUT2D eigenvalue weighted by molar-refractivity contribution is 0.0574. The lowest BCUT2D eigenvalue weighted by Gasteiger charge is -2.25. The molecule has 0 bridgehead atoms. The summed E-state index contributed by atoms with van der Waals surface area (Å²) in [4.78, 5) is 14.5. The Kier molecular flexibility index (Phi) is 5.13. The number of aryl methyl sites for hydroxylation is 1. The molecule has 0 saturated heterocycles. The van der Waals surface area contributed by atoms with Crippen LogP contribution >= 0.6 is 11.3 Å². The van der Waals surface area contributed by atoms with Gasteiger partial charge in [0, 0.05) is 12.1 Å². The summed E-state index contributed by atoms with van der Waals surface area (Å²) in [5.74, 6) is 0.110. The van der Waals surface area contributed by atoms with Crippen LogP contribution in [0.25, 0.3) is 0 Å². The van der Waals surface area contributed by atoms with E-state index in [2.05, 4.69) is 0 Å². The standard InChI is InChI=1S/C19H19NO3S/c1-14-7-9-23-18(14)19(22)20(11-15-5-3-2-4-6-15)12-17(21)16-8-10-24-13-16/h2-10,13,17,21H,11-12H2,1H3. The second kappa shape index (κ2) is 7.47. The number of aliphatic hydroxyl groups excluding tert-OH is 1. The van der Waals surface area contributed by atoms with Gasteiger partial charge in [0.15, 0.2) is 5.76 Å². The molecule has 1 unspecified atom stereocenters. The molecule has 5 heteroatoms. The molecule has 0 saturated carbocycles. The molecule has 1 amide bonds. The minimum absolute atomic E-state index is 0.212. The monoisotopic (exact) mass is 341 g/mol. The maximum absolute atomic E-state index is 12.9. The second-order valence-corrected chi connectivity index (χ2v) is 6.46. The van der Waals surface area contributed by atoms with Gasteiger partial charge in [-0.3, -0.25) is 4.79 Å². The Balaban J connectivity index is 1.83. The molecule has 1 aromatic carbocycles. The predicted octanol–water partition coefficient (Wildman–Crippen LogP) is 4.03. The van der Waals surface area contributed by atoms with Gasteiger partial charge in [-0.2, -0.15) is 11.3 Å². The lowest BCUT2D eigenvalue weighted by Crippen LogP contribution is -2.34. The number of hydrogen-bond acceptors (Lipinski definition) is 4. The minimum Gasteiger partial charge on any atom is -0.459 e. The highest BCUT2D eigenvalue weighted by Gasteiger charge is 2.24. The van der Waals surface area contributed by atoms with Crippen molar-refractivity contribution in [1.29, 1.82) is 0 Å². The summed E-state index contributed by atoms with van der Waals surface area (Å²) in [5.41, 5.74) is 2.62. The maximum atomic E-state index is 12.9. The highest BCUT2D eigenvalue weighted by Crippen LogP contribution is 2.21. The number of aliphatic hydroxyl groups is 1. The van der Waals surface area contributed by atoms with Crippen molar-refractivity contribution >= 4 is 17.2 Å². The maximum Gasteiger partial charge on any atom is 0.290 e. The number of thiophene rings is 1. The Labute approximate surface area is 145 Å². The Morgan fingerprint density at radius 2 is 2.04 bits per heavy atom. The fourth-order valence-electron chi connectivity index (χ4n) is 2.54. The molecule has 1 atom stereocenters. The van der Waals surface area contributed by atoms with Gasteiger partial charge in [0.05, 0.1) is 18.9 Å². The van der Waals surface area contributed by atoms with E-state index in [0.29, 0.717) is 12.3 Å². The summed E-state index contributed by atoms with van der Waals surface area (Å²) < 4.78 is 5.35. The van der Waals surface area contributed by atoms with Crippen LogP contribution in [0.4, 0.5) is 0 Å². The van der Waals surface area contributed by atoms with Crippen molar-refractivity contribution in [2.45, 2.75) is 19.6 Å². The first-order valence-electron chi connectivity index (χ1n) is 7.72. The van der Waals surface area contributed by atoms with Gasteiger partial charge in [0.25, 0.3) is 5.91 Å². The summed E-state index contributed by atoms with van der Waals surface area (Å²) in [5, 5.41) is 14.3. The molecule has 1 N–H and O–H groups in total. The molecule has 3 aromatic rings. The van der Waals surface area contributed by atoms with Crippen molar-refractivity contribution in [3.63, 3.8) is 0 Å². The molecule has 0 fully saturated rings. The van der Waals surface area contributed by atoms with Crippen molar-refractivity contribution in [1.82, 2.24) is 4.90 Å². The Bertz CT molecular complexity index is 780. The number of nitrogens with zero attached hydrogens (tertiary/aromatic N) is 1. The average molecular weight is 341 g/mol. The zero-order valence-electron chi connectivity index (χ0n) is 13.4. The van der Waals surface area contributed by atoms with E-state index in [1.165, 1.54) is 17.6 Å². The van der Waals surface area contributed by atoms with Gasteiger partial charge < -0.3 is 14.4 Å². The topological polar surface area (TPSA) is 53.7 Å². The van der Waals surface area contributed by atoms with Crippen LogP contribution in [0.5, 0.6) is 0 Å². The van der Waals surface area contributed by atoms with Crippen LogP contribution < -0.4 is 0 Å². The van der Waals surface area contributed by atoms with Gasteiger partial charge >= 0.3 is 0 Å². The Morgan fingerprint density at radius 1 is 1.25 bits per heavy atom. The van der Waals surface area contributed by atoms with Crippen molar-refractivity contribution in [2.75, 3.05) is 6.54 Å². The van der Waals surface area contributed by atoms with Crippen LogP contribution in [-0.2, 0) is 6.54 Å². The molecule has 0 aliphatic rings. The largest absolute Gasteiger partial charge is 0.459 e. The average Bonchev–Trinajstić information content (AvgIpc) is 3.26. The molecule has 2 aromatic heterocycles. The fourth-order valence-corrected chi connectivity index (χ4v) is 3.24. The molecule has 2 heterocycles. The highest BCUT2D eigenvalue weighted by atomic mass is 32.1. The minimum atomic E-state index is -0.723.